The van der Waals surface area contributed by atoms with E-state index >= 15 is 0 Å². The Kier molecular flexibility index (Phi) is 5.86. The topological polar surface area (TPSA) is 55.8 Å². The highest BCUT2D eigenvalue weighted by Crippen LogP contribution is 2.35. The lowest BCUT2D eigenvalue weighted by atomic mass is 10.1. The first kappa shape index (κ1) is 19.0. The molecule has 1 aliphatic rings. The number of methoxy groups -OCH3 is 1. The molecule has 1 aliphatic heterocycles. The summed E-state index contributed by atoms with van der Waals surface area (Å²) < 4.78 is 11.3. The molecule has 27 heavy (non-hydrogen) atoms. The predicted octanol–water partition coefficient (Wildman–Crippen LogP) is 4.72. The van der Waals surface area contributed by atoms with Crippen LogP contribution in [0.3, 0.4) is 0 Å². The standard InChI is InChI=1S/C21H21NO4S/c1-14(2)22-20(23)19(27-21(22)24)12-16-9-10-17(18(11-16)25-3)26-13-15-7-5-4-6-8-15/h4-12,14H,13H2,1-3H3/b19-12+. The highest BCUT2D eigenvalue weighted by atomic mass is 32.2. The van der Waals surface area contributed by atoms with Crippen LogP contribution < -0.4 is 9.47 Å². The molecule has 3 rings (SSSR count). The first-order valence-corrected chi connectivity index (χ1v) is 9.43. The maximum Gasteiger partial charge on any atom is 0.293 e. The van der Waals surface area contributed by atoms with Crippen molar-refractivity contribution in [3.05, 3.63) is 64.6 Å². The number of rotatable bonds is 6. The molecule has 0 aromatic heterocycles. The summed E-state index contributed by atoms with van der Waals surface area (Å²) in [4.78, 5) is 26.1. The Labute approximate surface area is 163 Å². The van der Waals surface area contributed by atoms with Gasteiger partial charge >= 0.3 is 0 Å². The average Bonchev–Trinajstić information content (AvgIpc) is 2.94. The van der Waals surface area contributed by atoms with E-state index in [4.69, 9.17) is 9.47 Å². The van der Waals surface area contributed by atoms with Crippen LogP contribution in [-0.4, -0.2) is 29.2 Å². The van der Waals surface area contributed by atoms with Crippen molar-refractivity contribution in [2.45, 2.75) is 26.5 Å². The van der Waals surface area contributed by atoms with E-state index in [0.29, 0.717) is 23.0 Å². The Morgan fingerprint density at radius 3 is 2.44 bits per heavy atom. The number of hydrogen-bond acceptors (Lipinski definition) is 5. The molecular formula is C21H21NO4S. The van der Waals surface area contributed by atoms with Gasteiger partial charge in [0.1, 0.15) is 6.61 Å². The monoisotopic (exact) mass is 383 g/mol. The minimum atomic E-state index is -0.261. The Balaban J connectivity index is 1.78. The third-order valence-corrected chi connectivity index (χ3v) is 4.95. The van der Waals surface area contributed by atoms with Crippen molar-refractivity contribution in [1.82, 2.24) is 4.90 Å². The number of carbonyl (C=O) groups is 2. The summed E-state index contributed by atoms with van der Waals surface area (Å²) in [5.41, 5.74) is 1.83. The van der Waals surface area contributed by atoms with Crippen LogP contribution in [0.2, 0.25) is 0 Å². The second kappa shape index (κ2) is 8.31. The van der Waals surface area contributed by atoms with E-state index in [9.17, 15) is 9.59 Å². The van der Waals surface area contributed by atoms with Crippen LogP contribution in [0.4, 0.5) is 4.79 Å². The van der Waals surface area contributed by atoms with Gasteiger partial charge in [-0.1, -0.05) is 36.4 Å². The van der Waals surface area contributed by atoms with Crippen LogP contribution in [0, 0.1) is 0 Å². The van der Waals surface area contributed by atoms with Gasteiger partial charge in [-0.3, -0.25) is 14.5 Å². The van der Waals surface area contributed by atoms with Crippen molar-refractivity contribution in [2.75, 3.05) is 7.11 Å². The van der Waals surface area contributed by atoms with Crippen molar-refractivity contribution in [2.24, 2.45) is 0 Å². The molecule has 1 saturated heterocycles. The van der Waals surface area contributed by atoms with Crippen LogP contribution in [0.25, 0.3) is 6.08 Å². The van der Waals surface area contributed by atoms with Crippen LogP contribution in [0.5, 0.6) is 11.5 Å². The van der Waals surface area contributed by atoms with Crippen molar-refractivity contribution < 1.29 is 19.1 Å². The largest absolute Gasteiger partial charge is 0.493 e. The third kappa shape index (κ3) is 4.34. The minimum absolute atomic E-state index is 0.160. The molecule has 0 bridgehead atoms. The van der Waals surface area contributed by atoms with E-state index in [1.165, 1.54) is 4.90 Å². The van der Waals surface area contributed by atoms with Crippen molar-refractivity contribution >= 4 is 29.0 Å². The molecule has 0 radical (unpaired) electrons. The maximum atomic E-state index is 12.4. The Morgan fingerprint density at radius 2 is 1.81 bits per heavy atom. The summed E-state index contributed by atoms with van der Waals surface area (Å²) in [5, 5.41) is -0.240. The lowest BCUT2D eigenvalue weighted by Gasteiger charge is -2.16. The van der Waals surface area contributed by atoms with E-state index < -0.39 is 0 Å². The van der Waals surface area contributed by atoms with Gasteiger partial charge < -0.3 is 9.47 Å². The summed E-state index contributed by atoms with van der Waals surface area (Å²) in [6, 6.07) is 15.1. The zero-order valence-electron chi connectivity index (χ0n) is 15.5. The Morgan fingerprint density at radius 1 is 1.07 bits per heavy atom. The smallest absolute Gasteiger partial charge is 0.293 e. The van der Waals surface area contributed by atoms with Gasteiger partial charge in [0.2, 0.25) is 0 Å². The summed E-state index contributed by atoms with van der Waals surface area (Å²) in [6.45, 7) is 4.08. The number of nitrogens with zero attached hydrogens (tertiary/aromatic N) is 1. The maximum absolute atomic E-state index is 12.4. The summed E-state index contributed by atoms with van der Waals surface area (Å²) in [6.07, 6.45) is 1.71. The van der Waals surface area contributed by atoms with Gasteiger partial charge in [0.05, 0.1) is 12.0 Å². The number of hydrogen-bond donors (Lipinski definition) is 0. The van der Waals surface area contributed by atoms with Crippen molar-refractivity contribution in [3.8, 4) is 11.5 Å². The second-order valence-corrected chi connectivity index (χ2v) is 7.32. The normalized spacial score (nSPS) is 15.7. The lowest BCUT2D eigenvalue weighted by Crippen LogP contribution is -2.34. The Bertz CT molecular complexity index is 877. The molecule has 1 fully saturated rings. The number of carbonyl (C=O) groups excluding carboxylic acids is 2. The third-order valence-electron chi connectivity index (χ3n) is 4.06. The molecule has 2 amide bonds. The zero-order valence-corrected chi connectivity index (χ0v) is 16.3. The van der Waals surface area contributed by atoms with E-state index in [2.05, 4.69) is 0 Å². The first-order chi connectivity index (χ1) is 13.0. The predicted molar refractivity (Wildman–Crippen MR) is 107 cm³/mol. The van der Waals surface area contributed by atoms with Gasteiger partial charge in [0.15, 0.2) is 11.5 Å². The first-order valence-electron chi connectivity index (χ1n) is 8.61. The van der Waals surface area contributed by atoms with Gasteiger partial charge in [0, 0.05) is 6.04 Å². The van der Waals surface area contributed by atoms with Crippen molar-refractivity contribution in [3.63, 3.8) is 0 Å². The fourth-order valence-corrected chi connectivity index (χ4v) is 3.67. The van der Waals surface area contributed by atoms with Crippen molar-refractivity contribution in [1.29, 1.82) is 0 Å². The van der Waals surface area contributed by atoms with Gasteiger partial charge in [-0.05, 0) is 54.9 Å². The molecule has 5 nitrogen and oxygen atoms in total. The molecule has 140 valence electrons. The molecule has 6 heteroatoms. The highest BCUT2D eigenvalue weighted by Gasteiger charge is 2.36. The zero-order chi connectivity index (χ0) is 19.4. The molecule has 0 unspecified atom stereocenters. The molecule has 0 N–H and O–H groups in total. The van der Waals surface area contributed by atoms with E-state index in [1.54, 1.807) is 25.3 Å². The number of imide groups is 1. The van der Waals surface area contributed by atoms with Gasteiger partial charge in [0.25, 0.3) is 11.1 Å². The van der Waals surface area contributed by atoms with Crippen LogP contribution in [0.15, 0.2) is 53.4 Å². The number of amides is 2. The fraction of sp³-hybridized carbons (Fsp3) is 0.238. The molecule has 2 aromatic carbocycles. The quantitative estimate of drug-likeness (QED) is 0.676. The minimum Gasteiger partial charge on any atom is -0.493 e. The van der Waals surface area contributed by atoms with E-state index in [1.807, 2.05) is 50.2 Å². The average molecular weight is 383 g/mol. The van der Waals surface area contributed by atoms with Crippen LogP contribution in [-0.2, 0) is 11.4 Å². The second-order valence-electron chi connectivity index (χ2n) is 6.33. The van der Waals surface area contributed by atoms with Gasteiger partial charge in [-0.2, -0.15) is 0 Å². The molecule has 1 heterocycles. The van der Waals surface area contributed by atoms with E-state index in [0.717, 1.165) is 22.9 Å². The molecule has 0 aliphatic carbocycles. The fourth-order valence-electron chi connectivity index (χ4n) is 2.70. The van der Waals surface area contributed by atoms with Gasteiger partial charge in [-0.25, -0.2) is 0 Å². The summed E-state index contributed by atoms with van der Waals surface area (Å²) >= 11 is 0.957. The lowest BCUT2D eigenvalue weighted by molar-refractivity contribution is -0.123. The van der Waals surface area contributed by atoms with Crippen LogP contribution in [0.1, 0.15) is 25.0 Å². The SMILES string of the molecule is COc1cc(/C=C2/SC(=O)N(C(C)C)C2=O)ccc1OCc1ccccc1. The summed E-state index contributed by atoms with van der Waals surface area (Å²) in [5.74, 6) is 0.930. The molecular weight excluding hydrogens is 362 g/mol. The van der Waals surface area contributed by atoms with Crippen LogP contribution >= 0.6 is 11.8 Å². The number of thioether (sulfide) groups is 1. The molecule has 2 aromatic rings. The van der Waals surface area contributed by atoms with Gasteiger partial charge in [-0.15, -0.1) is 0 Å². The number of benzene rings is 2. The molecule has 0 spiro atoms. The molecule has 0 saturated carbocycles. The molecule has 0 atom stereocenters. The highest BCUT2D eigenvalue weighted by molar-refractivity contribution is 8.18. The van der Waals surface area contributed by atoms with E-state index in [-0.39, 0.29) is 17.2 Å². The Hall–Kier alpha value is -2.73. The number of ether oxygens (including phenoxy) is 2. The summed E-state index contributed by atoms with van der Waals surface area (Å²) in [7, 11) is 1.57.